The molecule has 1 amide bonds. The Labute approximate surface area is 254 Å². The van der Waals surface area contributed by atoms with Crippen molar-refractivity contribution < 1.29 is 42.1 Å². The molecule has 2 aliphatic heterocycles. The van der Waals surface area contributed by atoms with Gasteiger partial charge < -0.3 is 24.1 Å². The molecule has 1 unspecified atom stereocenters. The number of ether oxygens (including phenoxy) is 4. The van der Waals surface area contributed by atoms with Gasteiger partial charge in [0, 0.05) is 42.3 Å². The molecule has 0 saturated carbocycles. The van der Waals surface area contributed by atoms with E-state index in [2.05, 4.69) is 0 Å². The number of likely N-dealkylation sites (tertiary alicyclic amines) is 1. The number of fused-ring (bicyclic) bond motifs is 1. The van der Waals surface area contributed by atoms with Gasteiger partial charge >= 0.3 is 5.97 Å². The van der Waals surface area contributed by atoms with Crippen LogP contribution in [0, 0.1) is 0 Å². The molecular formula is C30H31ClN2O9S. The predicted octanol–water partition coefficient (Wildman–Crippen LogP) is 3.91. The van der Waals surface area contributed by atoms with E-state index in [0.29, 0.717) is 10.1 Å². The highest BCUT2D eigenvalue weighted by atomic mass is 35.5. The zero-order chi connectivity index (χ0) is 31.3. The minimum absolute atomic E-state index is 0.00628. The van der Waals surface area contributed by atoms with Gasteiger partial charge in [-0.15, -0.1) is 0 Å². The third kappa shape index (κ3) is 4.43. The number of hydrogen-bond acceptors (Lipinski definition) is 9. The number of amides is 1. The summed E-state index contributed by atoms with van der Waals surface area (Å²) >= 11 is 6.51. The number of sulfonamides is 1. The highest BCUT2D eigenvalue weighted by Crippen LogP contribution is 2.57. The fourth-order valence-electron chi connectivity index (χ4n) is 6.17. The number of carboxylic acid groups (broad SMARTS) is 1. The second kappa shape index (κ2) is 11.0. The van der Waals surface area contributed by atoms with Gasteiger partial charge in [0.2, 0.25) is 0 Å². The zero-order valence-corrected chi connectivity index (χ0v) is 25.7. The van der Waals surface area contributed by atoms with Gasteiger partial charge in [-0.1, -0.05) is 29.8 Å². The molecule has 228 valence electrons. The Morgan fingerprint density at radius 3 is 2.28 bits per heavy atom. The van der Waals surface area contributed by atoms with Crippen molar-refractivity contribution in [3.8, 4) is 17.2 Å². The van der Waals surface area contributed by atoms with Crippen molar-refractivity contribution in [1.29, 1.82) is 0 Å². The number of benzene rings is 3. The van der Waals surface area contributed by atoms with Gasteiger partial charge in [-0.25, -0.2) is 12.7 Å². The lowest BCUT2D eigenvalue weighted by Crippen LogP contribution is -2.62. The van der Waals surface area contributed by atoms with Crippen LogP contribution in [0.25, 0.3) is 0 Å². The number of anilines is 1. The second-order valence-electron chi connectivity index (χ2n) is 10.4. The van der Waals surface area contributed by atoms with Crippen molar-refractivity contribution in [3.05, 3.63) is 76.8 Å². The number of carboxylic acids is 1. The van der Waals surface area contributed by atoms with Crippen molar-refractivity contribution in [2.45, 2.75) is 35.4 Å². The van der Waals surface area contributed by atoms with Crippen LogP contribution in [0.2, 0.25) is 5.02 Å². The first-order valence-corrected chi connectivity index (χ1v) is 15.0. The molecule has 13 heteroatoms. The third-order valence-electron chi connectivity index (χ3n) is 8.25. The fourth-order valence-corrected chi connectivity index (χ4v) is 7.95. The van der Waals surface area contributed by atoms with E-state index in [1.807, 2.05) is 0 Å². The van der Waals surface area contributed by atoms with Crippen molar-refractivity contribution in [2.24, 2.45) is 0 Å². The molecule has 11 nitrogen and oxygen atoms in total. The molecule has 1 N–H and O–H groups in total. The Hall–Kier alpha value is -3.84. The van der Waals surface area contributed by atoms with Gasteiger partial charge in [0.15, 0.2) is 5.54 Å². The van der Waals surface area contributed by atoms with E-state index in [0.717, 1.165) is 0 Å². The first-order valence-electron chi connectivity index (χ1n) is 13.2. The van der Waals surface area contributed by atoms with Gasteiger partial charge in [-0.2, -0.15) is 0 Å². The number of aliphatic carboxylic acids is 1. The maximum Gasteiger partial charge on any atom is 0.323 e. The summed E-state index contributed by atoms with van der Waals surface area (Å²) in [6.07, 6.45) is -0.562. The van der Waals surface area contributed by atoms with Gasteiger partial charge in [0.1, 0.15) is 27.7 Å². The maximum absolute atomic E-state index is 15.2. The van der Waals surface area contributed by atoms with E-state index in [-0.39, 0.29) is 51.2 Å². The van der Waals surface area contributed by atoms with E-state index in [1.54, 1.807) is 24.3 Å². The van der Waals surface area contributed by atoms with Gasteiger partial charge in [-0.3, -0.25) is 14.5 Å². The Bertz CT molecular complexity index is 1720. The van der Waals surface area contributed by atoms with Crippen LogP contribution in [0.15, 0.2) is 65.6 Å². The van der Waals surface area contributed by atoms with E-state index in [9.17, 15) is 18.3 Å². The van der Waals surface area contributed by atoms with E-state index in [4.69, 9.17) is 30.5 Å². The topological polar surface area (TPSA) is 132 Å². The van der Waals surface area contributed by atoms with Crippen molar-refractivity contribution in [1.82, 2.24) is 4.90 Å². The summed E-state index contributed by atoms with van der Waals surface area (Å²) in [5.41, 5.74) is -3.26. The number of hydrogen-bond donors (Lipinski definition) is 1. The van der Waals surface area contributed by atoms with Crippen LogP contribution in [0.3, 0.4) is 0 Å². The number of halogens is 1. The van der Waals surface area contributed by atoms with Crippen molar-refractivity contribution in [2.75, 3.05) is 39.3 Å². The molecular weight excluding hydrogens is 600 g/mol. The van der Waals surface area contributed by atoms with E-state index in [1.165, 1.54) is 76.7 Å². The largest absolute Gasteiger partial charge is 0.497 e. The Balaban J connectivity index is 1.89. The van der Waals surface area contributed by atoms with Crippen LogP contribution < -0.4 is 18.5 Å². The number of nitrogens with zero attached hydrogens (tertiary/aromatic N) is 2. The summed E-state index contributed by atoms with van der Waals surface area (Å²) in [4.78, 5) is 29.4. The number of para-hydroxylation sites is 1. The molecule has 5 rings (SSSR count). The molecule has 3 aromatic rings. The molecule has 2 aliphatic rings. The number of carbonyl (C=O) groups excluding carboxylic acids is 1. The molecule has 1 fully saturated rings. The minimum atomic E-state index is -4.67. The lowest BCUT2D eigenvalue weighted by Gasteiger charge is -2.45. The van der Waals surface area contributed by atoms with Crippen molar-refractivity contribution >= 4 is 39.2 Å². The molecule has 43 heavy (non-hydrogen) atoms. The lowest BCUT2D eigenvalue weighted by molar-refractivity contribution is -0.153. The van der Waals surface area contributed by atoms with Crippen molar-refractivity contribution in [3.63, 3.8) is 0 Å². The molecule has 0 bridgehead atoms. The van der Waals surface area contributed by atoms with Crippen LogP contribution >= 0.6 is 11.6 Å². The second-order valence-corrected chi connectivity index (χ2v) is 12.6. The lowest BCUT2D eigenvalue weighted by atomic mass is 9.79. The maximum atomic E-state index is 15.2. The fraction of sp³-hybridized carbons (Fsp3) is 0.333. The van der Waals surface area contributed by atoms with Crippen LogP contribution in [-0.4, -0.2) is 76.9 Å². The average molecular weight is 631 g/mol. The first kappa shape index (κ1) is 30.6. The summed E-state index contributed by atoms with van der Waals surface area (Å²) < 4.78 is 51.7. The Kier molecular flexibility index (Phi) is 7.84. The molecule has 0 aliphatic carbocycles. The summed E-state index contributed by atoms with van der Waals surface area (Å²) in [7, 11) is 0.936. The SMILES string of the molecule is COc1ccc(S(=O)(=O)N2C(=O)C(c3ccccc3OC)(N3C[C@H](OC)C[C@@]3(C)C(=O)O)c3cc(Cl)ccc32)c(OC)c1. The summed E-state index contributed by atoms with van der Waals surface area (Å²) in [6, 6.07) is 15.1. The summed E-state index contributed by atoms with van der Waals surface area (Å²) in [6.45, 7) is 1.47. The standard InChI is InChI=1S/C30H31ClN2O9S/c1-29(28(35)36)16-20(40-3)17-32(29)30(21-8-6-7-9-24(21)41-4)22-14-18(31)10-12-23(22)33(27(30)34)43(37,38)26-13-11-19(39-2)15-25(26)42-5/h6-15,20H,16-17H2,1-5H3,(H,35,36)/t20-,29+,30?/m1/s1. The van der Waals surface area contributed by atoms with E-state index < -0.39 is 39.1 Å². The highest BCUT2D eigenvalue weighted by molar-refractivity contribution is 7.93. The Morgan fingerprint density at radius 2 is 1.65 bits per heavy atom. The predicted molar refractivity (Wildman–Crippen MR) is 158 cm³/mol. The normalized spacial score (nSPS) is 23.7. The molecule has 0 spiro atoms. The molecule has 0 radical (unpaired) electrons. The summed E-state index contributed by atoms with van der Waals surface area (Å²) in [5, 5.41) is 10.8. The van der Waals surface area contributed by atoms with Crippen LogP contribution in [0.4, 0.5) is 5.69 Å². The highest BCUT2D eigenvalue weighted by Gasteiger charge is 2.67. The number of carbonyl (C=O) groups is 2. The minimum Gasteiger partial charge on any atom is -0.497 e. The molecule has 1 saturated heterocycles. The molecule has 0 aromatic heterocycles. The monoisotopic (exact) mass is 630 g/mol. The smallest absolute Gasteiger partial charge is 0.323 e. The van der Waals surface area contributed by atoms with Crippen LogP contribution in [0.1, 0.15) is 24.5 Å². The van der Waals surface area contributed by atoms with Crippen LogP contribution in [-0.2, 0) is 29.9 Å². The quantitative estimate of drug-likeness (QED) is 0.371. The zero-order valence-electron chi connectivity index (χ0n) is 24.2. The number of methoxy groups -OCH3 is 4. The number of rotatable bonds is 9. The Morgan fingerprint density at radius 1 is 0.953 bits per heavy atom. The van der Waals surface area contributed by atoms with E-state index >= 15 is 4.79 Å². The average Bonchev–Trinajstić information content (AvgIpc) is 3.48. The van der Waals surface area contributed by atoms with Gasteiger partial charge in [0.25, 0.3) is 15.9 Å². The third-order valence-corrected chi connectivity index (χ3v) is 10.2. The molecule has 3 aromatic carbocycles. The van der Waals surface area contributed by atoms with Gasteiger partial charge in [-0.05, 0) is 43.3 Å². The van der Waals surface area contributed by atoms with Crippen LogP contribution in [0.5, 0.6) is 17.2 Å². The molecule has 3 atom stereocenters. The summed E-state index contributed by atoms with van der Waals surface area (Å²) in [5.74, 6) is -1.60. The molecule has 2 heterocycles. The first-order chi connectivity index (χ1) is 20.4. The van der Waals surface area contributed by atoms with Gasteiger partial charge in [0.05, 0.1) is 33.1 Å².